The predicted molar refractivity (Wildman–Crippen MR) is 59.3 cm³/mol. The standard InChI is InChI=1S/C12H17Cl/c1-4-12(9(2)3)10-5-7-11(13)8-6-10/h5-9,12H,4H2,1-3H3/t12-/m1/s1. The summed E-state index contributed by atoms with van der Waals surface area (Å²) < 4.78 is 0. The molecule has 0 saturated carbocycles. The fraction of sp³-hybridized carbons (Fsp3) is 0.500. The zero-order valence-corrected chi connectivity index (χ0v) is 9.31. The number of rotatable bonds is 3. The number of hydrogen-bond donors (Lipinski definition) is 0. The summed E-state index contributed by atoms with van der Waals surface area (Å²) in [6.07, 6.45) is 1.19. The molecule has 0 aliphatic heterocycles. The van der Waals surface area contributed by atoms with Crippen molar-refractivity contribution in [2.45, 2.75) is 33.1 Å². The Morgan fingerprint density at radius 1 is 1.15 bits per heavy atom. The van der Waals surface area contributed by atoms with Crippen molar-refractivity contribution in [3.63, 3.8) is 0 Å². The van der Waals surface area contributed by atoms with Crippen LogP contribution in [-0.2, 0) is 0 Å². The highest BCUT2D eigenvalue weighted by Crippen LogP contribution is 2.28. The van der Waals surface area contributed by atoms with Gasteiger partial charge in [-0.15, -0.1) is 0 Å². The van der Waals surface area contributed by atoms with Gasteiger partial charge in [-0.05, 0) is 36.0 Å². The Morgan fingerprint density at radius 2 is 1.69 bits per heavy atom. The predicted octanol–water partition coefficient (Wildman–Crippen LogP) is 4.49. The Morgan fingerprint density at radius 3 is 2.08 bits per heavy atom. The molecule has 0 aliphatic carbocycles. The van der Waals surface area contributed by atoms with Crippen LogP contribution in [0.5, 0.6) is 0 Å². The van der Waals surface area contributed by atoms with Gasteiger partial charge in [0.05, 0.1) is 0 Å². The van der Waals surface area contributed by atoms with Crippen molar-refractivity contribution < 1.29 is 0 Å². The molecule has 0 aliphatic rings. The monoisotopic (exact) mass is 196 g/mol. The molecule has 0 bridgehead atoms. The van der Waals surface area contributed by atoms with Crippen molar-refractivity contribution in [3.05, 3.63) is 34.9 Å². The maximum Gasteiger partial charge on any atom is 0.0406 e. The van der Waals surface area contributed by atoms with Gasteiger partial charge in [0.15, 0.2) is 0 Å². The minimum absolute atomic E-state index is 0.664. The van der Waals surface area contributed by atoms with Crippen LogP contribution in [0.25, 0.3) is 0 Å². The second-order valence-electron chi connectivity index (χ2n) is 3.81. The first-order valence-corrected chi connectivity index (χ1v) is 5.28. The molecule has 0 heterocycles. The Kier molecular flexibility index (Phi) is 3.80. The Labute approximate surface area is 85.9 Å². The van der Waals surface area contributed by atoms with Gasteiger partial charge in [-0.1, -0.05) is 44.5 Å². The molecular weight excluding hydrogens is 180 g/mol. The molecule has 1 atom stereocenters. The number of halogens is 1. The highest BCUT2D eigenvalue weighted by molar-refractivity contribution is 6.30. The van der Waals surface area contributed by atoms with Gasteiger partial charge < -0.3 is 0 Å². The van der Waals surface area contributed by atoms with Crippen LogP contribution in [0.4, 0.5) is 0 Å². The fourth-order valence-corrected chi connectivity index (χ4v) is 1.93. The highest BCUT2D eigenvalue weighted by atomic mass is 35.5. The highest BCUT2D eigenvalue weighted by Gasteiger charge is 2.12. The van der Waals surface area contributed by atoms with Crippen molar-refractivity contribution in [1.29, 1.82) is 0 Å². The smallest absolute Gasteiger partial charge is 0.0406 e. The van der Waals surface area contributed by atoms with E-state index in [4.69, 9.17) is 11.6 Å². The van der Waals surface area contributed by atoms with E-state index < -0.39 is 0 Å². The lowest BCUT2D eigenvalue weighted by atomic mass is 9.86. The van der Waals surface area contributed by atoms with Gasteiger partial charge >= 0.3 is 0 Å². The molecular formula is C12H17Cl. The first kappa shape index (κ1) is 10.6. The quantitative estimate of drug-likeness (QED) is 0.668. The first-order chi connectivity index (χ1) is 6.15. The van der Waals surface area contributed by atoms with Crippen LogP contribution in [0, 0.1) is 5.92 Å². The average molecular weight is 197 g/mol. The molecule has 0 aromatic heterocycles. The van der Waals surface area contributed by atoms with E-state index in [1.807, 2.05) is 12.1 Å². The summed E-state index contributed by atoms with van der Waals surface area (Å²) in [4.78, 5) is 0. The van der Waals surface area contributed by atoms with E-state index in [0.717, 1.165) is 5.02 Å². The molecule has 1 heteroatoms. The molecule has 0 saturated heterocycles. The summed E-state index contributed by atoms with van der Waals surface area (Å²) >= 11 is 5.84. The van der Waals surface area contributed by atoms with Crippen LogP contribution in [0.2, 0.25) is 5.02 Å². The van der Waals surface area contributed by atoms with Crippen LogP contribution in [0.3, 0.4) is 0 Å². The third kappa shape index (κ3) is 2.73. The molecule has 0 radical (unpaired) electrons. The summed E-state index contributed by atoms with van der Waals surface area (Å²) in [5.74, 6) is 1.36. The van der Waals surface area contributed by atoms with Crippen molar-refractivity contribution >= 4 is 11.6 Å². The van der Waals surface area contributed by atoms with Gasteiger partial charge in [0, 0.05) is 5.02 Å². The number of benzene rings is 1. The summed E-state index contributed by atoms with van der Waals surface area (Å²) in [6, 6.07) is 8.22. The van der Waals surface area contributed by atoms with Crippen LogP contribution in [0.1, 0.15) is 38.7 Å². The van der Waals surface area contributed by atoms with Crippen LogP contribution in [-0.4, -0.2) is 0 Å². The van der Waals surface area contributed by atoms with E-state index in [9.17, 15) is 0 Å². The normalized spacial score (nSPS) is 13.3. The zero-order chi connectivity index (χ0) is 9.84. The Balaban J connectivity index is 2.86. The van der Waals surface area contributed by atoms with Crippen molar-refractivity contribution in [1.82, 2.24) is 0 Å². The van der Waals surface area contributed by atoms with E-state index >= 15 is 0 Å². The first-order valence-electron chi connectivity index (χ1n) is 4.90. The maximum atomic E-state index is 5.84. The molecule has 1 aromatic rings. The fourth-order valence-electron chi connectivity index (χ4n) is 1.80. The van der Waals surface area contributed by atoms with Gasteiger partial charge in [-0.2, -0.15) is 0 Å². The topological polar surface area (TPSA) is 0 Å². The van der Waals surface area contributed by atoms with Gasteiger partial charge in [0.1, 0.15) is 0 Å². The molecule has 0 unspecified atom stereocenters. The molecule has 0 spiro atoms. The number of hydrogen-bond acceptors (Lipinski definition) is 0. The van der Waals surface area contributed by atoms with E-state index in [1.165, 1.54) is 12.0 Å². The Hall–Kier alpha value is -0.490. The average Bonchev–Trinajstić information content (AvgIpc) is 2.09. The molecule has 1 rings (SSSR count). The second kappa shape index (κ2) is 4.66. The third-order valence-electron chi connectivity index (χ3n) is 2.54. The van der Waals surface area contributed by atoms with E-state index in [-0.39, 0.29) is 0 Å². The van der Waals surface area contributed by atoms with E-state index in [1.54, 1.807) is 0 Å². The summed E-state index contributed by atoms with van der Waals surface area (Å²) in [5, 5.41) is 0.822. The van der Waals surface area contributed by atoms with Crippen LogP contribution >= 0.6 is 11.6 Å². The molecule has 0 N–H and O–H groups in total. The lowest BCUT2D eigenvalue weighted by molar-refractivity contribution is 0.485. The second-order valence-corrected chi connectivity index (χ2v) is 4.25. The molecule has 1 aromatic carbocycles. The van der Waals surface area contributed by atoms with Crippen LogP contribution in [0.15, 0.2) is 24.3 Å². The van der Waals surface area contributed by atoms with Crippen molar-refractivity contribution in [2.24, 2.45) is 5.92 Å². The molecule has 0 nitrogen and oxygen atoms in total. The minimum atomic E-state index is 0.664. The molecule has 72 valence electrons. The molecule has 0 fully saturated rings. The lowest BCUT2D eigenvalue weighted by Gasteiger charge is -2.19. The SMILES string of the molecule is CC[C@@H](c1ccc(Cl)cc1)C(C)C. The minimum Gasteiger partial charge on any atom is -0.0843 e. The van der Waals surface area contributed by atoms with Crippen molar-refractivity contribution in [3.8, 4) is 0 Å². The summed E-state index contributed by atoms with van der Waals surface area (Å²) in [5.41, 5.74) is 1.40. The summed E-state index contributed by atoms with van der Waals surface area (Å²) in [7, 11) is 0. The van der Waals surface area contributed by atoms with E-state index in [2.05, 4.69) is 32.9 Å². The zero-order valence-electron chi connectivity index (χ0n) is 8.55. The maximum absolute atomic E-state index is 5.84. The largest absolute Gasteiger partial charge is 0.0843 e. The third-order valence-corrected chi connectivity index (χ3v) is 2.79. The Bertz CT molecular complexity index is 248. The molecule has 13 heavy (non-hydrogen) atoms. The van der Waals surface area contributed by atoms with Gasteiger partial charge in [0.25, 0.3) is 0 Å². The van der Waals surface area contributed by atoms with E-state index in [0.29, 0.717) is 11.8 Å². The summed E-state index contributed by atoms with van der Waals surface area (Å²) in [6.45, 7) is 6.77. The van der Waals surface area contributed by atoms with Gasteiger partial charge in [-0.3, -0.25) is 0 Å². The van der Waals surface area contributed by atoms with Crippen LogP contribution < -0.4 is 0 Å². The van der Waals surface area contributed by atoms with Gasteiger partial charge in [0.2, 0.25) is 0 Å². The van der Waals surface area contributed by atoms with Crippen molar-refractivity contribution in [2.75, 3.05) is 0 Å². The molecule has 0 amide bonds. The lowest BCUT2D eigenvalue weighted by Crippen LogP contribution is -2.04. The van der Waals surface area contributed by atoms with Gasteiger partial charge in [-0.25, -0.2) is 0 Å².